The predicted octanol–water partition coefficient (Wildman–Crippen LogP) is 4.39. The molecule has 0 aromatic heterocycles. The highest BCUT2D eigenvalue weighted by atomic mass is 35.5. The molecule has 0 aliphatic heterocycles. The van der Waals surface area contributed by atoms with Crippen molar-refractivity contribution < 1.29 is 9.59 Å². The van der Waals surface area contributed by atoms with Crippen molar-refractivity contribution in [3.8, 4) is 0 Å². The van der Waals surface area contributed by atoms with Crippen molar-refractivity contribution in [2.24, 2.45) is 0 Å². The molecule has 0 unspecified atom stereocenters. The molecule has 0 spiro atoms. The Morgan fingerprint density at radius 1 is 0.875 bits per heavy atom. The van der Waals surface area contributed by atoms with Gasteiger partial charge in [-0.25, -0.2) is 0 Å². The van der Waals surface area contributed by atoms with Gasteiger partial charge in [-0.15, -0.1) is 0 Å². The Morgan fingerprint density at radius 2 is 1.50 bits per heavy atom. The van der Waals surface area contributed by atoms with Crippen LogP contribution in [0.15, 0.2) is 42.5 Å². The number of carbonyl (C=O) groups is 2. The average Bonchev–Trinajstić information content (AvgIpc) is 2.52. The van der Waals surface area contributed by atoms with Crippen LogP contribution in [0.25, 0.3) is 0 Å². The molecule has 0 radical (unpaired) electrons. The fourth-order valence-electron chi connectivity index (χ4n) is 1.99. The first kappa shape index (κ1) is 18.1. The predicted molar refractivity (Wildman–Crippen MR) is 98.9 cm³/mol. The van der Waals surface area contributed by atoms with Crippen molar-refractivity contribution >= 4 is 52.1 Å². The monoisotopic (exact) mass is 365 g/mol. The number of nitrogens with one attached hydrogen (secondary N) is 3. The number of anilines is 3. The third-order valence-electron chi connectivity index (χ3n) is 3.09. The van der Waals surface area contributed by atoms with E-state index in [9.17, 15) is 9.59 Å². The minimum Gasteiger partial charge on any atom is -0.385 e. The largest absolute Gasteiger partial charge is 0.385 e. The van der Waals surface area contributed by atoms with Gasteiger partial charge in [0.05, 0.1) is 10.0 Å². The third-order valence-corrected chi connectivity index (χ3v) is 3.83. The maximum Gasteiger partial charge on any atom is 0.226 e. The van der Waals surface area contributed by atoms with Crippen molar-refractivity contribution in [2.45, 2.75) is 13.3 Å². The van der Waals surface area contributed by atoms with Gasteiger partial charge in [-0.2, -0.15) is 0 Å². The van der Waals surface area contributed by atoms with Crippen LogP contribution in [0.4, 0.5) is 17.1 Å². The molecule has 7 heteroatoms. The molecular weight excluding hydrogens is 349 g/mol. The lowest BCUT2D eigenvalue weighted by Crippen LogP contribution is -2.16. The highest BCUT2D eigenvalue weighted by molar-refractivity contribution is 6.42. The number of carbonyl (C=O) groups excluding carboxylic acids is 2. The van der Waals surface area contributed by atoms with E-state index < -0.39 is 0 Å². The number of hydrogen-bond acceptors (Lipinski definition) is 3. The van der Waals surface area contributed by atoms with Crippen LogP contribution in [0.2, 0.25) is 10.0 Å². The van der Waals surface area contributed by atoms with Crippen LogP contribution in [0.3, 0.4) is 0 Å². The van der Waals surface area contributed by atoms with Gasteiger partial charge in [-0.3, -0.25) is 9.59 Å². The second kappa shape index (κ2) is 8.57. The second-order valence-electron chi connectivity index (χ2n) is 5.11. The van der Waals surface area contributed by atoms with Gasteiger partial charge < -0.3 is 16.0 Å². The first-order chi connectivity index (χ1) is 11.4. The van der Waals surface area contributed by atoms with Crippen LogP contribution in [0.5, 0.6) is 0 Å². The van der Waals surface area contributed by atoms with Crippen LogP contribution in [-0.4, -0.2) is 18.4 Å². The van der Waals surface area contributed by atoms with E-state index in [0.717, 1.165) is 11.4 Å². The Hall–Kier alpha value is -2.24. The molecule has 2 amide bonds. The van der Waals surface area contributed by atoms with Crippen LogP contribution in [0, 0.1) is 0 Å². The number of hydrogen-bond donors (Lipinski definition) is 3. The van der Waals surface area contributed by atoms with Gasteiger partial charge in [0.25, 0.3) is 0 Å². The number of rotatable bonds is 6. The van der Waals surface area contributed by atoms with Crippen LogP contribution in [0.1, 0.15) is 13.3 Å². The zero-order valence-corrected chi connectivity index (χ0v) is 14.5. The molecule has 24 heavy (non-hydrogen) atoms. The Bertz CT molecular complexity index is 733. The second-order valence-corrected chi connectivity index (χ2v) is 5.93. The highest BCUT2D eigenvalue weighted by Crippen LogP contribution is 2.25. The summed E-state index contributed by atoms with van der Waals surface area (Å²) in [5.74, 6) is -0.245. The molecule has 0 fully saturated rings. The first-order valence-corrected chi connectivity index (χ1v) is 8.06. The van der Waals surface area contributed by atoms with Crippen LogP contribution < -0.4 is 16.0 Å². The summed E-state index contributed by atoms with van der Waals surface area (Å²) < 4.78 is 0. The van der Waals surface area contributed by atoms with Crippen LogP contribution >= 0.6 is 23.2 Å². The minimum atomic E-state index is -0.129. The van der Waals surface area contributed by atoms with E-state index in [-0.39, 0.29) is 11.8 Å². The molecule has 0 bridgehead atoms. The summed E-state index contributed by atoms with van der Waals surface area (Å²) in [4.78, 5) is 22.8. The number of benzene rings is 2. The Labute approximate surface area is 150 Å². The summed E-state index contributed by atoms with van der Waals surface area (Å²) in [6.45, 7) is 1.94. The van der Waals surface area contributed by atoms with Crippen molar-refractivity contribution in [1.82, 2.24) is 0 Å². The minimum absolute atomic E-state index is 0.116. The SMILES string of the molecule is CC(=O)Nc1ccc(NCCC(=O)Nc2ccc(Cl)c(Cl)c2)cc1. The zero-order valence-electron chi connectivity index (χ0n) is 13.0. The van der Waals surface area contributed by atoms with Gasteiger partial charge >= 0.3 is 0 Å². The molecule has 2 aromatic carbocycles. The van der Waals surface area contributed by atoms with E-state index in [1.807, 2.05) is 12.1 Å². The molecule has 0 aliphatic carbocycles. The van der Waals surface area contributed by atoms with Gasteiger partial charge in [-0.05, 0) is 42.5 Å². The molecular formula is C17H17Cl2N3O2. The molecule has 3 N–H and O–H groups in total. The quantitative estimate of drug-likeness (QED) is 0.710. The van der Waals surface area contributed by atoms with Gasteiger partial charge in [0.1, 0.15) is 0 Å². The lowest BCUT2D eigenvalue weighted by atomic mass is 10.2. The van der Waals surface area contributed by atoms with Gasteiger partial charge in [0, 0.05) is 37.0 Å². The zero-order chi connectivity index (χ0) is 17.5. The molecule has 0 saturated carbocycles. The van der Waals surface area contributed by atoms with E-state index in [2.05, 4.69) is 16.0 Å². The van der Waals surface area contributed by atoms with Crippen LogP contribution in [-0.2, 0) is 9.59 Å². The fraction of sp³-hybridized carbons (Fsp3) is 0.176. The van der Waals surface area contributed by atoms with Gasteiger partial charge in [0.2, 0.25) is 11.8 Å². The molecule has 0 aliphatic rings. The average molecular weight is 366 g/mol. The summed E-state index contributed by atoms with van der Waals surface area (Å²) >= 11 is 11.7. The van der Waals surface area contributed by atoms with Crippen molar-refractivity contribution in [3.05, 3.63) is 52.5 Å². The number of halogens is 2. The van der Waals surface area contributed by atoms with E-state index in [4.69, 9.17) is 23.2 Å². The van der Waals surface area contributed by atoms with E-state index in [0.29, 0.717) is 28.7 Å². The molecule has 5 nitrogen and oxygen atoms in total. The molecule has 2 aromatic rings. The summed E-state index contributed by atoms with van der Waals surface area (Å²) in [5, 5.41) is 9.43. The highest BCUT2D eigenvalue weighted by Gasteiger charge is 2.05. The molecule has 126 valence electrons. The summed E-state index contributed by atoms with van der Waals surface area (Å²) in [7, 11) is 0. The molecule has 0 heterocycles. The molecule has 0 atom stereocenters. The van der Waals surface area contributed by atoms with Crippen molar-refractivity contribution in [3.63, 3.8) is 0 Å². The Balaban J connectivity index is 1.77. The summed E-state index contributed by atoms with van der Waals surface area (Å²) in [6.07, 6.45) is 0.299. The van der Waals surface area contributed by atoms with Gasteiger partial charge in [-0.1, -0.05) is 23.2 Å². The van der Waals surface area contributed by atoms with Gasteiger partial charge in [0.15, 0.2) is 0 Å². The maximum absolute atomic E-state index is 11.9. The molecule has 0 saturated heterocycles. The van der Waals surface area contributed by atoms with Crippen molar-refractivity contribution in [1.29, 1.82) is 0 Å². The summed E-state index contributed by atoms with van der Waals surface area (Å²) in [6, 6.07) is 12.2. The summed E-state index contributed by atoms with van der Waals surface area (Å²) in [5.41, 5.74) is 2.20. The normalized spacial score (nSPS) is 10.1. The van der Waals surface area contributed by atoms with E-state index >= 15 is 0 Å². The van der Waals surface area contributed by atoms with E-state index in [1.54, 1.807) is 30.3 Å². The van der Waals surface area contributed by atoms with E-state index in [1.165, 1.54) is 6.92 Å². The topological polar surface area (TPSA) is 70.2 Å². The number of amides is 2. The van der Waals surface area contributed by atoms with Crippen molar-refractivity contribution in [2.75, 3.05) is 22.5 Å². The lowest BCUT2D eigenvalue weighted by molar-refractivity contribution is -0.116. The molecule has 2 rings (SSSR count). The smallest absolute Gasteiger partial charge is 0.226 e. The third kappa shape index (κ3) is 5.76. The standard InChI is InChI=1S/C17H17Cl2N3O2/c1-11(23)21-13-4-2-12(3-5-13)20-9-8-17(24)22-14-6-7-15(18)16(19)10-14/h2-7,10,20H,8-9H2,1H3,(H,21,23)(H,22,24). The fourth-order valence-corrected chi connectivity index (χ4v) is 2.29. The first-order valence-electron chi connectivity index (χ1n) is 7.30. The maximum atomic E-state index is 11.9. The Kier molecular flexibility index (Phi) is 6.46. The lowest BCUT2D eigenvalue weighted by Gasteiger charge is -2.09. The Morgan fingerprint density at radius 3 is 2.12 bits per heavy atom.